The third-order valence-electron chi connectivity index (χ3n) is 3.52. The third kappa shape index (κ3) is 5.82. The van der Waals surface area contributed by atoms with Crippen LogP contribution in [0, 0.1) is 5.38 Å². The number of azo groups is 1. The summed E-state index contributed by atoms with van der Waals surface area (Å²) in [6, 6.07) is 19.7. The first-order valence-corrected chi connectivity index (χ1v) is 8.36. The van der Waals surface area contributed by atoms with Crippen molar-refractivity contribution in [1.29, 1.82) is 0 Å². The Morgan fingerprint density at radius 3 is 2.15 bits per heavy atom. The van der Waals surface area contributed by atoms with Gasteiger partial charge in [0, 0.05) is 5.70 Å². The molecule has 2 aliphatic rings. The zero-order chi connectivity index (χ0) is 17.3. The molecule has 0 atom stereocenters. The molecular weight excluding hydrogens is 384 g/mol. The molecule has 0 heterocycles. The summed E-state index contributed by atoms with van der Waals surface area (Å²) in [5.41, 5.74) is 3.68. The summed E-state index contributed by atoms with van der Waals surface area (Å²) in [5.74, 6) is 0. The molecule has 0 N–H and O–H groups in total. The van der Waals surface area contributed by atoms with Gasteiger partial charge in [-0.2, -0.15) is 28.4 Å². The minimum Gasteiger partial charge on any atom is -0.214 e. The molecule has 0 unspecified atom stereocenters. The molecule has 26 heavy (non-hydrogen) atoms. The molecule has 0 aromatic heterocycles. The first-order valence-electron chi connectivity index (χ1n) is 7.98. The van der Waals surface area contributed by atoms with Gasteiger partial charge in [0.1, 0.15) is 0 Å². The third-order valence-corrected chi connectivity index (χ3v) is 3.85. The summed E-state index contributed by atoms with van der Waals surface area (Å²) < 4.78 is 0. The summed E-state index contributed by atoms with van der Waals surface area (Å²) >= 11 is 6.23. The second-order valence-electron chi connectivity index (χ2n) is 5.34. The van der Waals surface area contributed by atoms with E-state index < -0.39 is 0 Å². The molecule has 0 spiro atoms. The molecule has 130 valence electrons. The number of hydrogen-bond donors (Lipinski definition) is 0. The summed E-state index contributed by atoms with van der Waals surface area (Å²) in [7, 11) is 0. The van der Waals surface area contributed by atoms with E-state index in [1.54, 1.807) is 0 Å². The van der Waals surface area contributed by atoms with Crippen molar-refractivity contribution in [2.75, 3.05) is 0 Å². The van der Waals surface area contributed by atoms with Crippen LogP contribution in [0.5, 0.6) is 0 Å². The molecular formula is C22H17ClFeN2. The number of hydrogen-bond acceptors (Lipinski definition) is 2. The molecule has 2 aliphatic carbocycles. The van der Waals surface area contributed by atoms with Crippen LogP contribution in [0.4, 0.5) is 5.69 Å². The van der Waals surface area contributed by atoms with Crippen molar-refractivity contribution in [2.45, 2.75) is 0 Å². The summed E-state index contributed by atoms with van der Waals surface area (Å²) in [6.45, 7) is 0. The zero-order valence-electron chi connectivity index (χ0n) is 13.9. The van der Waals surface area contributed by atoms with E-state index in [0.717, 1.165) is 27.9 Å². The van der Waals surface area contributed by atoms with Crippen LogP contribution in [0.2, 0.25) is 0 Å². The Balaban J connectivity index is 0.000000351. The Morgan fingerprint density at radius 1 is 0.846 bits per heavy atom. The molecule has 4 heteroatoms. The van der Waals surface area contributed by atoms with E-state index in [1.165, 1.54) is 0 Å². The van der Waals surface area contributed by atoms with Gasteiger partial charge in [0.2, 0.25) is 0 Å². The summed E-state index contributed by atoms with van der Waals surface area (Å²) in [6.07, 6.45) is 13.7. The SMILES string of the molecule is Cl[C-]1C=CC(N=Nc2ccccc2)=CC1=C1C=CC=C1.[Fe+2].c1cc[cH-]c1. The first kappa shape index (κ1) is 19.9. The molecule has 2 nitrogen and oxygen atoms in total. The molecule has 4 rings (SSSR count). The van der Waals surface area contributed by atoms with E-state index in [-0.39, 0.29) is 17.1 Å². The van der Waals surface area contributed by atoms with Crippen molar-refractivity contribution in [3.05, 3.63) is 125 Å². The van der Waals surface area contributed by atoms with E-state index in [4.69, 9.17) is 11.6 Å². The number of benzene rings is 1. The van der Waals surface area contributed by atoms with E-state index in [1.807, 2.05) is 103 Å². The van der Waals surface area contributed by atoms with E-state index in [2.05, 4.69) is 10.2 Å². The van der Waals surface area contributed by atoms with Crippen LogP contribution in [0.3, 0.4) is 0 Å². The van der Waals surface area contributed by atoms with Crippen LogP contribution < -0.4 is 0 Å². The summed E-state index contributed by atoms with van der Waals surface area (Å²) in [5, 5.41) is 9.18. The molecule has 0 saturated carbocycles. The number of allylic oxidation sites excluding steroid dienone is 9. The van der Waals surface area contributed by atoms with Gasteiger partial charge in [-0.1, -0.05) is 48.1 Å². The maximum Gasteiger partial charge on any atom is 2.00 e. The standard InChI is InChI=1S/C17H12ClN2.C5H5.Fe/c18-17-11-10-15(12-16(17)13-6-4-5-7-13)20-19-14-8-2-1-3-9-14;1-2-4-5-3-1;/h1-12H;1-5H;/q2*-1;+2. The van der Waals surface area contributed by atoms with Gasteiger partial charge in [-0.3, -0.25) is 0 Å². The number of nitrogens with zero attached hydrogens (tertiary/aromatic N) is 2. The fourth-order valence-electron chi connectivity index (χ4n) is 2.28. The number of rotatable bonds is 2. The minimum atomic E-state index is 0. The van der Waals surface area contributed by atoms with Gasteiger partial charge in [0.05, 0.1) is 5.69 Å². The number of halogens is 1. The van der Waals surface area contributed by atoms with Gasteiger partial charge in [0.25, 0.3) is 0 Å². The maximum absolute atomic E-state index is 6.23. The molecule has 0 fully saturated rings. The normalized spacial score (nSPS) is 15.0. The van der Waals surface area contributed by atoms with Crippen molar-refractivity contribution in [1.82, 2.24) is 0 Å². The maximum atomic E-state index is 6.23. The second kappa shape index (κ2) is 10.5. The van der Waals surface area contributed by atoms with Gasteiger partial charge in [-0.15, -0.1) is 35.4 Å². The van der Waals surface area contributed by atoms with Crippen LogP contribution in [0.25, 0.3) is 0 Å². The predicted octanol–water partition coefficient (Wildman–Crippen LogP) is 6.82. The quantitative estimate of drug-likeness (QED) is 0.300. The van der Waals surface area contributed by atoms with E-state index in [9.17, 15) is 0 Å². The first-order chi connectivity index (χ1) is 12.3. The van der Waals surface area contributed by atoms with E-state index >= 15 is 0 Å². The van der Waals surface area contributed by atoms with Gasteiger partial charge in [-0.05, 0) is 17.5 Å². The predicted molar refractivity (Wildman–Crippen MR) is 105 cm³/mol. The van der Waals surface area contributed by atoms with Crippen LogP contribution in [0.15, 0.2) is 130 Å². The summed E-state index contributed by atoms with van der Waals surface area (Å²) in [4.78, 5) is 0. The molecule has 2 aromatic carbocycles. The van der Waals surface area contributed by atoms with Crippen molar-refractivity contribution >= 4 is 17.3 Å². The average molecular weight is 401 g/mol. The fraction of sp³-hybridized carbons (Fsp3) is 0. The molecule has 0 bridgehead atoms. The van der Waals surface area contributed by atoms with Crippen LogP contribution in [-0.4, -0.2) is 0 Å². The Labute approximate surface area is 169 Å². The Hall–Kier alpha value is -2.45. The Kier molecular flexibility index (Phi) is 8.04. The van der Waals surface area contributed by atoms with Crippen molar-refractivity contribution in [3.63, 3.8) is 0 Å². The molecule has 2 aromatic rings. The average Bonchev–Trinajstić information content (AvgIpc) is 3.38. The van der Waals surface area contributed by atoms with Crippen LogP contribution in [0.1, 0.15) is 0 Å². The topological polar surface area (TPSA) is 24.7 Å². The Morgan fingerprint density at radius 2 is 1.54 bits per heavy atom. The van der Waals surface area contributed by atoms with Crippen LogP contribution in [-0.2, 0) is 17.1 Å². The van der Waals surface area contributed by atoms with Gasteiger partial charge < -0.3 is 0 Å². The fourth-order valence-corrected chi connectivity index (χ4v) is 2.51. The monoisotopic (exact) mass is 400 g/mol. The molecule has 0 saturated heterocycles. The van der Waals surface area contributed by atoms with Crippen molar-refractivity contribution in [2.24, 2.45) is 10.2 Å². The van der Waals surface area contributed by atoms with Gasteiger partial charge in [0.15, 0.2) is 0 Å². The van der Waals surface area contributed by atoms with Crippen molar-refractivity contribution < 1.29 is 17.1 Å². The van der Waals surface area contributed by atoms with Crippen molar-refractivity contribution in [3.8, 4) is 0 Å². The molecule has 0 amide bonds. The molecule has 0 aliphatic heterocycles. The van der Waals surface area contributed by atoms with Crippen LogP contribution >= 0.6 is 11.6 Å². The Bertz CT molecular complexity index is 826. The second-order valence-corrected chi connectivity index (χ2v) is 5.74. The van der Waals surface area contributed by atoms with Gasteiger partial charge in [-0.25, -0.2) is 12.1 Å². The van der Waals surface area contributed by atoms with Gasteiger partial charge >= 0.3 is 17.1 Å². The minimum absolute atomic E-state index is 0. The zero-order valence-corrected chi connectivity index (χ0v) is 15.8. The van der Waals surface area contributed by atoms with E-state index in [0.29, 0.717) is 0 Å². The smallest absolute Gasteiger partial charge is 0.214 e. The molecule has 0 radical (unpaired) electrons. The largest absolute Gasteiger partial charge is 2.00 e.